The van der Waals surface area contributed by atoms with Crippen LogP contribution in [0, 0.1) is 0 Å². The predicted molar refractivity (Wildman–Crippen MR) is 84.7 cm³/mol. The molecule has 0 aromatic rings. The van der Waals surface area contributed by atoms with Crippen molar-refractivity contribution in [2.24, 2.45) is 5.73 Å². The smallest absolute Gasteiger partial charge is 0.222 e. The molecular formula is C16H33N3O. The van der Waals surface area contributed by atoms with E-state index < -0.39 is 0 Å². The number of rotatable bonds is 9. The van der Waals surface area contributed by atoms with Gasteiger partial charge < -0.3 is 15.5 Å². The van der Waals surface area contributed by atoms with Gasteiger partial charge in [0.1, 0.15) is 0 Å². The van der Waals surface area contributed by atoms with Crippen LogP contribution in [-0.4, -0.2) is 55.0 Å². The Morgan fingerprint density at radius 2 is 1.85 bits per heavy atom. The third kappa shape index (κ3) is 7.25. The summed E-state index contributed by atoms with van der Waals surface area (Å²) < 4.78 is 0. The Kier molecular flexibility index (Phi) is 9.67. The maximum atomic E-state index is 12.2. The highest BCUT2D eigenvalue weighted by Crippen LogP contribution is 2.09. The van der Waals surface area contributed by atoms with Gasteiger partial charge in [0.15, 0.2) is 0 Å². The molecule has 0 spiro atoms. The van der Waals surface area contributed by atoms with E-state index in [-0.39, 0.29) is 0 Å². The fraction of sp³-hybridized carbons (Fsp3) is 0.938. The lowest BCUT2D eigenvalue weighted by molar-refractivity contribution is -0.131. The van der Waals surface area contributed by atoms with Gasteiger partial charge in [-0.05, 0) is 45.3 Å². The van der Waals surface area contributed by atoms with Gasteiger partial charge in [-0.15, -0.1) is 0 Å². The van der Waals surface area contributed by atoms with Gasteiger partial charge in [-0.25, -0.2) is 0 Å². The van der Waals surface area contributed by atoms with Gasteiger partial charge in [0.25, 0.3) is 0 Å². The molecule has 0 atom stereocenters. The van der Waals surface area contributed by atoms with Crippen LogP contribution in [0.1, 0.15) is 58.3 Å². The van der Waals surface area contributed by atoms with E-state index in [1.807, 2.05) is 0 Å². The fourth-order valence-corrected chi connectivity index (χ4v) is 2.78. The van der Waals surface area contributed by atoms with E-state index in [9.17, 15) is 4.79 Å². The highest BCUT2D eigenvalue weighted by molar-refractivity contribution is 5.76. The summed E-state index contributed by atoms with van der Waals surface area (Å²) in [6, 6.07) is 0. The summed E-state index contributed by atoms with van der Waals surface area (Å²) in [6.07, 6.45) is 8.89. The maximum absolute atomic E-state index is 12.2. The van der Waals surface area contributed by atoms with Gasteiger partial charge in [0.2, 0.25) is 5.91 Å². The summed E-state index contributed by atoms with van der Waals surface area (Å²) in [5.74, 6) is 0.366. The fourth-order valence-electron chi connectivity index (χ4n) is 2.78. The summed E-state index contributed by atoms with van der Waals surface area (Å²) in [5.41, 5.74) is 5.53. The van der Waals surface area contributed by atoms with Crippen LogP contribution >= 0.6 is 0 Å². The molecule has 1 rings (SSSR count). The van der Waals surface area contributed by atoms with Crippen LogP contribution in [0.15, 0.2) is 0 Å². The Hall–Kier alpha value is -0.610. The zero-order valence-corrected chi connectivity index (χ0v) is 13.3. The number of nitrogens with zero attached hydrogens (tertiary/aromatic N) is 2. The topological polar surface area (TPSA) is 49.6 Å². The van der Waals surface area contributed by atoms with E-state index >= 15 is 0 Å². The van der Waals surface area contributed by atoms with Crippen molar-refractivity contribution in [2.45, 2.75) is 58.3 Å². The zero-order valence-electron chi connectivity index (χ0n) is 13.3. The molecule has 0 unspecified atom stereocenters. The highest BCUT2D eigenvalue weighted by atomic mass is 16.2. The molecule has 4 heteroatoms. The molecule has 4 nitrogen and oxygen atoms in total. The van der Waals surface area contributed by atoms with E-state index in [1.54, 1.807) is 0 Å². The predicted octanol–water partition coefficient (Wildman–Crippen LogP) is 2.23. The van der Waals surface area contributed by atoms with Gasteiger partial charge in [-0.2, -0.15) is 0 Å². The Morgan fingerprint density at radius 1 is 1.00 bits per heavy atom. The van der Waals surface area contributed by atoms with Crippen LogP contribution in [-0.2, 0) is 4.79 Å². The minimum Gasteiger partial charge on any atom is -0.341 e. The monoisotopic (exact) mass is 283 g/mol. The molecule has 0 aromatic heterocycles. The Morgan fingerprint density at radius 3 is 2.60 bits per heavy atom. The summed E-state index contributed by atoms with van der Waals surface area (Å²) in [5, 5.41) is 0. The highest BCUT2D eigenvalue weighted by Gasteiger charge is 2.18. The quantitative estimate of drug-likeness (QED) is 0.660. The summed E-state index contributed by atoms with van der Waals surface area (Å²) in [6.45, 7) is 8.15. The van der Waals surface area contributed by atoms with Crippen molar-refractivity contribution in [2.75, 3.05) is 39.3 Å². The van der Waals surface area contributed by atoms with Crippen molar-refractivity contribution >= 4 is 5.91 Å². The van der Waals surface area contributed by atoms with E-state index in [2.05, 4.69) is 16.7 Å². The van der Waals surface area contributed by atoms with Crippen molar-refractivity contribution in [1.82, 2.24) is 9.80 Å². The second-order valence-corrected chi connectivity index (χ2v) is 5.88. The molecule has 1 amide bonds. The molecule has 0 saturated carbocycles. The summed E-state index contributed by atoms with van der Waals surface area (Å²) >= 11 is 0. The number of carbonyl (C=O) groups excluding carboxylic acids is 1. The Bertz CT molecular complexity index is 258. The standard InChI is InChI=1S/C16H33N3O/c1-2-3-4-5-9-16(20)19-13-8-12-18(14-15-19)11-7-6-10-17/h2-15,17H2,1H3. The molecule has 0 aromatic carbocycles. The average Bonchev–Trinajstić information content (AvgIpc) is 2.69. The molecule has 20 heavy (non-hydrogen) atoms. The molecular weight excluding hydrogens is 250 g/mol. The molecule has 0 bridgehead atoms. The molecule has 2 N–H and O–H groups in total. The summed E-state index contributed by atoms with van der Waals surface area (Å²) in [7, 11) is 0. The lowest BCUT2D eigenvalue weighted by Crippen LogP contribution is -2.35. The third-order valence-corrected chi connectivity index (χ3v) is 4.11. The van der Waals surface area contributed by atoms with Gasteiger partial charge >= 0.3 is 0 Å². The van der Waals surface area contributed by atoms with Gasteiger partial charge in [0, 0.05) is 26.1 Å². The number of amides is 1. The average molecular weight is 283 g/mol. The normalized spacial score (nSPS) is 17.2. The molecule has 1 aliphatic rings. The SMILES string of the molecule is CCCCCCC(=O)N1CCCN(CCCCN)CC1. The molecule has 1 heterocycles. The van der Waals surface area contributed by atoms with Gasteiger partial charge in [-0.3, -0.25) is 4.79 Å². The first-order valence-corrected chi connectivity index (χ1v) is 8.48. The molecule has 1 saturated heterocycles. The first-order valence-electron chi connectivity index (χ1n) is 8.48. The molecule has 0 aliphatic carbocycles. The van der Waals surface area contributed by atoms with Gasteiger partial charge in [0.05, 0.1) is 0 Å². The van der Waals surface area contributed by atoms with Crippen LogP contribution in [0.3, 0.4) is 0 Å². The van der Waals surface area contributed by atoms with Crippen LogP contribution in [0.5, 0.6) is 0 Å². The maximum Gasteiger partial charge on any atom is 0.222 e. The first kappa shape index (κ1) is 17.4. The number of unbranched alkanes of at least 4 members (excludes halogenated alkanes) is 4. The van der Waals surface area contributed by atoms with Crippen molar-refractivity contribution in [3.63, 3.8) is 0 Å². The molecule has 1 aliphatic heterocycles. The second-order valence-electron chi connectivity index (χ2n) is 5.88. The minimum absolute atomic E-state index is 0.366. The Balaban J connectivity index is 2.19. The number of hydrogen-bond donors (Lipinski definition) is 1. The Labute approximate surface area is 124 Å². The van der Waals surface area contributed by atoms with Crippen LogP contribution < -0.4 is 5.73 Å². The van der Waals surface area contributed by atoms with Crippen molar-refractivity contribution in [3.05, 3.63) is 0 Å². The van der Waals surface area contributed by atoms with E-state index in [0.29, 0.717) is 5.91 Å². The van der Waals surface area contributed by atoms with Crippen molar-refractivity contribution < 1.29 is 4.79 Å². The number of nitrogens with two attached hydrogens (primary N) is 1. The third-order valence-electron chi connectivity index (χ3n) is 4.11. The van der Waals surface area contributed by atoms with Gasteiger partial charge in [-0.1, -0.05) is 26.2 Å². The van der Waals surface area contributed by atoms with E-state index in [4.69, 9.17) is 5.73 Å². The van der Waals surface area contributed by atoms with Crippen molar-refractivity contribution in [3.8, 4) is 0 Å². The van der Waals surface area contributed by atoms with Crippen molar-refractivity contribution in [1.29, 1.82) is 0 Å². The zero-order chi connectivity index (χ0) is 14.6. The van der Waals surface area contributed by atoms with Crippen LogP contribution in [0.4, 0.5) is 0 Å². The first-order chi connectivity index (χ1) is 9.77. The van der Waals surface area contributed by atoms with Crippen LogP contribution in [0.25, 0.3) is 0 Å². The molecule has 118 valence electrons. The molecule has 1 fully saturated rings. The summed E-state index contributed by atoms with van der Waals surface area (Å²) in [4.78, 5) is 16.7. The molecule has 0 radical (unpaired) electrons. The van der Waals surface area contributed by atoms with Crippen LogP contribution in [0.2, 0.25) is 0 Å². The largest absolute Gasteiger partial charge is 0.341 e. The second kappa shape index (κ2) is 11.1. The van der Waals surface area contributed by atoms with E-state index in [1.165, 1.54) is 25.7 Å². The lowest BCUT2D eigenvalue weighted by atomic mass is 10.1. The van der Waals surface area contributed by atoms with E-state index in [0.717, 1.165) is 65.0 Å². The lowest BCUT2D eigenvalue weighted by Gasteiger charge is -2.22. The number of hydrogen-bond acceptors (Lipinski definition) is 3. The number of carbonyl (C=O) groups is 1. The minimum atomic E-state index is 0.366.